The van der Waals surface area contributed by atoms with Crippen LogP contribution >= 0.6 is 11.3 Å². The molecule has 1 aromatic carbocycles. The molecule has 0 bridgehead atoms. The minimum absolute atomic E-state index is 0.243. The fourth-order valence-corrected chi connectivity index (χ4v) is 4.10. The molecule has 9 heteroatoms. The molecule has 0 aliphatic heterocycles. The van der Waals surface area contributed by atoms with Crippen LogP contribution in [-0.2, 0) is 16.1 Å². The monoisotopic (exact) mass is 410 g/mol. The van der Waals surface area contributed by atoms with Gasteiger partial charge >= 0.3 is 5.97 Å². The maximum atomic E-state index is 12.7. The largest absolute Gasteiger partial charge is 0.453 e. The lowest BCUT2D eigenvalue weighted by atomic mass is 10.2. The average Bonchev–Trinajstić information content (AvgIpc) is 2.98. The fraction of sp³-hybridized carbons (Fsp3) is 0.250. The van der Waals surface area contributed by atoms with E-state index in [4.69, 9.17) is 4.74 Å². The van der Waals surface area contributed by atoms with Gasteiger partial charge in [-0.2, -0.15) is 0 Å². The van der Waals surface area contributed by atoms with Gasteiger partial charge in [-0.3, -0.25) is 19.0 Å². The Kier molecular flexibility index (Phi) is 4.75. The van der Waals surface area contributed by atoms with Crippen LogP contribution < -0.4 is 11.1 Å². The number of carbonyl (C=O) groups is 1. The number of hydrogen-bond donors (Lipinski definition) is 1. The molecular weight excluding hydrogens is 392 g/mol. The Balaban J connectivity index is 1.56. The Morgan fingerprint density at radius 2 is 2.03 bits per heavy atom. The molecule has 0 spiro atoms. The van der Waals surface area contributed by atoms with Crippen molar-refractivity contribution in [2.24, 2.45) is 0 Å². The minimum atomic E-state index is -0.780. The Hall–Kier alpha value is -3.33. The molecule has 3 aromatic heterocycles. The number of para-hydroxylation sites is 1. The van der Waals surface area contributed by atoms with E-state index in [-0.39, 0.29) is 23.5 Å². The van der Waals surface area contributed by atoms with E-state index in [1.807, 2.05) is 13.8 Å². The van der Waals surface area contributed by atoms with E-state index in [1.165, 1.54) is 22.2 Å². The third kappa shape index (κ3) is 3.44. The van der Waals surface area contributed by atoms with E-state index in [0.29, 0.717) is 21.1 Å². The lowest BCUT2D eigenvalue weighted by molar-refractivity contribution is -0.149. The van der Waals surface area contributed by atoms with Crippen molar-refractivity contribution in [2.75, 3.05) is 0 Å². The number of benzene rings is 1. The van der Waals surface area contributed by atoms with Crippen LogP contribution in [0.15, 0.2) is 40.2 Å². The van der Waals surface area contributed by atoms with Gasteiger partial charge in [-0.05, 0) is 38.5 Å². The zero-order chi connectivity index (χ0) is 20.7. The maximum absolute atomic E-state index is 12.7. The van der Waals surface area contributed by atoms with Crippen molar-refractivity contribution in [2.45, 2.75) is 33.4 Å². The first-order valence-electron chi connectivity index (χ1n) is 8.98. The summed E-state index contributed by atoms with van der Waals surface area (Å²) in [6.07, 6.45) is 0.569. The summed E-state index contributed by atoms with van der Waals surface area (Å²) in [7, 11) is 0. The third-order valence-corrected chi connectivity index (χ3v) is 5.89. The highest BCUT2D eigenvalue weighted by Crippen LogP contribution is 2.25. The van der Waals surface area contributed by atoms with Crippen molar-refractivity contribution in [3.05, 3.63) is 67.6 Å². The molecule has 29 heavy (non-hydrogen) atoms. The number of H-pyrrole nitrogens is 1. The van der Waals surface area contributed by atoms with Gasteiger partial charge in [0.05, 0.1) is 22.6 Å². The lowest BCUT2D eigenvalue weighted by Gasteiger charge is -2.13. The molecule has 0 saturated carbocycles. The van der Waals surface area contributed by atoms with Gasteiger partial charge < -0.3 is 9.72 Å². The van der Waals surface area contributed by atoms with Gasteiger partial charge in [0, 0.05) is 4.88 Å². The Morgan fingerprint density at radius 1 is 1.28 bits per heavy atom. The van der Waals surface area contributed by atoms with Crippen LogP contribution in [0.25, 0.3) is 21.1 Å². The van der Waals surface area contributed by atoms with Crippen LogP contribution in [0, 0.1) is 13.8 Å². The number of carbonyl (C=O) groups excluding carboxylic acids is 1. The van der Waals surface area contributed by atoms with Crippen molar-refractivity contribution < 1.29 is 9.53 Å². The number of fused-ring (bicyclic) bond motifs is 2. The number of hydrogen-bond acceptors (Lipinski definition) is 7. The van der Waals surface area contributed by atoms with Crippen molar-refractivity contribution in [1.29, 1.82) is 0 Å². The summed E-state index contributed by atoms with van der Waals surface area (Å²) in [6.45, 7) is 5.13. The number of thiophene rings is 1. The van der Waals surface area contributed by atoms with Crippen LogP contribution in [0.1, 0.15) is 29.3 Å². The second-order valence-electron chi connectivity index (χ2n) is 6.74. The van der Waals surface area contributed by atoms with Crippen LogP contribution in [0.3, 0.4) is 0 Å². The number of rotatable bonds is 4. The van der Waals surface area contributed by atoms with E-state index in [0.717, 1.165) is 10.4 Å². The summed E-state index contributed by atoms with van der Waals surface area (Å²) >= 11 is 1.45. The second kappa shape index (κ2) is 7.25. The normalized spacial score (nSPS) is 12.4. The second-order valence-corrected chi connectivity index (χ2v) is 7.94. The summed E-state index contributed by atoms with van der Waals surface area (Å²) in [6, 6.07) is 6.92. The number of aromatic amines is 1. The van der Waals surface area contributed by atoms with Gasteiger partial charge in [-0.15, -0.1) is 11.3 Å². The SMILES string of the molecule is Cc1sc2ncn(CC(=O)O[C@H](C)c3nc4ccccc4c(=O)[nH]3)c(=O)c2c1C. The van der Waals surface area contributed by atoms with Crippen molar-refractivity contribution in [1.82, 2.24) is 19.5 Å². The summed E-state index contributed by atoms with van der Waals surface area (Å²) in [5, 5.41) is 0.985. The molecule has 148 valence electrons. The number of nitrogens with one attached hydrogen (secondary N) is 1. The number of esters is 1. The minimum Gasteiger partial charge on any atom is -0.453 e. The quantitative estimate of drug-likeness (QED) is 0.518. The molecule has 3 heterocycles. The zero-order valence-electron chi connectivity index (χ0n) is 16.1. The van der Waals surface area contributed by atoms with Gasteiger partial charge in [0.15, 0.2) is 11.9 Å². The van der Waals surface area contributed by atoms with Gasteiger partial charge in [-0.1, -0.05) is 12.1 Å². The predicted molar refractivity (Wildman–Crippen MR) is 110 cm³/mol. The van der Waals surface area contributed by atoms with Crippen LogP contribution in [0.2, 0.25) is 0 Å². The number of aromatic nitrogens is 4. The molecule has 0 saturated heterocycles. The highest BCUT2D eigenvalue weighted by molar-refractivity contribution is 7.18. The maximum Gasteiger partial charge on any atom is 0.326 e. The molecule has 4 rings (SSSR count). The smallest absolute Gasteiger partial charge is 0.326 e. The molecule has 0 amide bonds. The average molecular weight is 410 g/mol. The van der Waals surface area contributed by atoms with E-state index in [9.17, 15) is 14.4 Å². The first kappa shape index (κ1) is 19.0. The Morgan fingerprint density at radius 3 is 2.83 bits per heavy atom. The molecule has 1 atom stereocenters. The first-order valence-corrected chi connectivity index (χ1v) is 9.80. The van der Waals surface area contributed by atoms with Crippen LogP contribution in [0.5, 0.6) is 0 Å². The molecule has 0 aliphatic carbocycles. The van der Waals surface area contributed by atoms with Gasteiger partial charge in [0.25, 0.3) is 11.1 Å². The summed E-state index contributed by atoms with van der Waals surface area (Å²) < 4.78 is 6.62. The lowest BCUT2D eigenvalue weighted by Crippen LogP contribution is -2.26. The standard InChI is InChI=1S/C20H18N4O4S/c1-10-12(3)29-19-16(10)20(27)24(9-21-19)8-15(25)28-11(2)17-22-14-7-5-4-6-13(14)18(26)23-17/h4-7,9,11H,8H2,1-3H3,(H,22,23,26)/t11-/m1/s1. The number of ether oxygens (including phenoxy) is 1. The summed E-state index contributed by atoms with van der Waals surface area (Å²) in [5.74, 6) is -0.381. The topological polar surface area (TPSA) is 107 Å². The third-order valence-electron chi connectivity index (χ3n) is 4.78. The highest BCUT2D eigenvalue weighted by Gasteiger charge is 2.18. The molecule has 8 nitrogen and oxygen atoms in total. The van der Waals surface area contributed by atoms with Gasteiger partial charge in [0.1, 0.15) is 11.4 Å². The van der Waals surface area contributed by atoms with Crippen molar-refractivity contribution in [3.63, 3.8) is 0 Å². The van der Waals surface area contributed by atoms with E-state index >= 15 is 0 Å². The summed E-state index contributed by atoms with van der Waals surface area (Å²) in [5.41, 5.74) is 0.807. The van der Waals surface area contributed by atoms with Crippen molar-refractivity contribution in [3.8, 4) is 0 Å². The first-order chi connectivity index (χ1) is 13.8. The highest BCUT2D eigenvalue weighted by atomic mass is 32.1. The molecule has 0 unspecified atom stereocenters. The van der Waals surface area contributed by atoms with Crippen LogP contribution in [-0.4, -0.2) is 25.5 Å². The zero-order valence-corrected chi connectivity index (χ0v) is 16.9. The predicted octanol–water partition coefficient (Wildman–Crippen LogP) is 2.62. The van der Waals surface area contributed by atoms with Gasteiger partial charge in [0.2, 0.25) is 0 Å². The molecule has 0 fully saturated rings. The molecule has 0 aliphatic rings. The van der Waals surface area contributed by atoms with E-state index in [2.05, 4.69) is 15.0 Å². The van der Waals surface area contributed by atoms with Crippen molar-refractivity contribution >= 4 is 38.4 Å². The van der Waals surface area contributed by atoms with Crippen LogP contribution in [0.4, 0.5) is 0 Å². The summed E-state index contributed by atoms with van der Waals surface area (Å²) in [4.78, 5) is 50.2. The molecule has 4 aromatic rings. The van der Waals surface area contributed by atoms with E-state index < -0.39 is 12.1 Å². The Labute approximate surface area is 168 Å². The fourth-order valence-electron chi connectivity index (χ4n) is 3.11. The molecule has 1 N–H and O–H groups in total. The van der Waals surface area contributed by atoms with E-state index in [1.54, 1.807) is 31.2 Å². The number of nitrogens with zero attached hydrogens (tertiary/aromatic N) is 3. The Bertz CT molecular complexity index is 1370. The molecular formula is C20H18N4O4S. The number of aryl methyl sites for hydroxylation is 2. The van der Waals surface area contributed by atoms with Gasteiger partial charge in [-0.25, -0.2) is 9.97 Å². The molecule has 0 radical (unpaired) electrons.